The quantitative estimate of drug-likeness (QED) is 0.711. The summed E-state index contributed by atoms with van der Waals surface area (Å²) >= 11 is 0. The summed E-state index contributed by atoms with van der Waals surface area (Å²) in [4.78, 5) is 14.7. The van der Waals surface area contributed by atoms with Gasteiger partial charge in [0.1, 0.15) is 5.75 Å². The molecular weight excluding hydrogens is 328 g/mol. The Kier molecular flexibility index (Phi) is 4.39. The van der Waals surface area contributed by atoms with E-state index in [1.807, 2.05) is 47.4 Å². The van der Waals surface area contributed by atoms with E-state index in [1.165, 1.54) is 5.56 Å². The highest BCUT2D eigenvalue weighted by molar-refractivity contribution is 5.92. The van der Waals surface area contributed by atoms with E-state index in [4.69, 9.17) is 4.74 Å². The van der Waals surface area contributed by atoms with Crippen molar-refractivity contribution in [3.63, 3.8) is 0 Å². The lowest BCUT2D eigenvalue weighted by atomic mass is 9.95. The van der Waals surface area contributed by atoms with Gasteiger partial charge in [-0.15, -0.1) is 5.10 Å². The lowest BCUT2D eigenvalue weighted by Gasteiger charge is -2.40. The number of carbonyl (C=O) groups excluding carboxylic acids is 1. The van der Waals surface area contributed by atoms with Crippen LogP contribution in [0.5, 0.6) is 5.75 Å². The summed E-state index contributed by atoms with van der Waals surface area (Å²) in [5, 5.41) is 8.17. The molecule has 4 rings (SSSR count). The first-order chi connectivity index (χ1) is 12.7. The Labute approximate surface area is 152 Å². The summed E-state index contributed by atoms with van der Waals surface area (Å²) in [6.07, 6.45) is 3.57. The van der Waals surface area contributed by atoms with Crippen LogP contribution < -0.4 is 4.74 Å². The molecule has 2 aromatic carbocycles. The second-order valence-electron chi connectivity index (χ2n) is 6.38. The maximum absolute atomic E-state index is 12.8. The van der Waals surface area contributed by atoms with Crippen molar-refractivity contribution < 1.29 is 9.53 Å². The molecule has 1 fully saturated rings. The van der Waals surface area contributed by atoms with Crippen LogP contribution in [0.2, 0.25) is 0 Å². The van der Waals surface area contributed by atoms with Crippen LogP contribution in [0.25, 0.3) is 5.69 Å². The van der Waals surface area contributed by atoms with E-state index in [0.29, 0.717) is 5.69 Å². The highest BCUT2D eigenvalue weighted by Gasteiger charge is 2.34. The van der Waals surface area contributed by atoms with Crippen LogP contribution in [0.1, 0.15) is 22.5 Å². The minimum Gasteiger partial charge on any atom is -0.497 e. The molecule has 1 unspecified atom stereocenters. The number of methoxy groups -OCH3 is 1. The summed E-state index contributed by atoms with van der Waals surface area (Å²) < 4.78 is 6.83. The van der Waals surface area contributed by atoms with Crippen molar-refractivity contribution in [1.29, 1.82) is 0 Å². The molecule has 0 radical (unpaired) electrons. The molecule has 0 bridgehead atoms. The Hall–Kier alpha value is -3.15. The highest BCUT2D eigenvalue weighted by Crippen LogP contribution is 2.24. The molecule has 1 aliphatic rings. The van der Waals surface area contributed by atoms with Gasteiger partial charge < -0.3 is 9.64 Å². The first kappa shape index (κ1) is 16.3. The van der Waals surface area contributed by atoms with Gasteiger partial charge in [-0.25, -0.2) is 4.68 Å². The minimum absolute atomic E-state index is 0.0636. The van der Waals surface area contributed by atoms with Gasteiger partial charge in [0.25, 0.3) is 5.91 Å². The van der Waals surface area contributed by atoms with Crippen LogP contribution in [0.3, 0.4) is 0 Å². The number of nitrogens with zero attached hydrogens (tertiary/aromatic N) is 4. The van der Waals surface area contributed by atoms with Gasteiger partial charge >= 0.3 is 0 Å². The van der Waals surface area contributed by atoms with Gasteiger partial charge in [0.05, 0.1) is 19.0 Å². The summed E-state index contributed by atoms with van der Waals surface area (Å²) in [6, 6.07) is 18.0. The Bertz CT molecular complexity index is 907. The zero-order chi connectivity index (χ0) is 17.9. The number of hydrogen-bond acceptors (Lipinski definition) is 4. The molecule has 0 aliphatic carbocycles. The van der Waals surface area contributed by atoms with E-state index in [2.05, 4.69) is 22.4 Å². The van der Waals surface area contributed by atoms with E-state index >= 15 is 0 Å². The Morgan fingerprint density at radius 1 is 1.19 bits per heavy atom. The lowest BCUT2D eigenvalue weighted by molar-refractivity contribution is 0.0458. The molecule has 1 saturated heterocycles. The molecule has 2 heterocycles. The van der Waals surface area contributed by atoms with Gasteiger partial charge in [-0.2, -0.15) is 0 Å². The van der Waals surface area contributed by atoms with Gasteiger partial charge in [0, 0.05) is 18.7 Å². The number of rotatable bonds is 5. The molecule has 1 atom stereocenters. The Morgan fingerprint density at radius 3 is 2.77 bits per heavy atom. The Morgan fingerprint density at radius 2 is 2.04 bits per heavy atom. The third kappa shape index (κ3) is 3.18. The standard InChI is InChI=1S/C20H20N4O2/c1-26-18-9-5-8-17(13-18)24-14-19(21-22-24)20(25)23-11-10-16(23)12-15-6-3-2-4-7-15/h2-9,13-14,16H,10-12H2,1H3. The van der Waals surface area contributed by atoms with Gasteiger partial charge in [0.2, 0.25) is 0 Å². The molecule has 1 aliphatic heterocycles. The van der Waals surface area contributed by atoms with Gasteiger partial charge in [-0.3, -0.25) is 4.79 Å². The van der Waals surface area contributed by atoms with Crippen LogP contribution in [0, 0.1) is 0 Å². The molecule has 3 aromatic rings. The average Bonchev–Trinajstić information content (AvgIpc) is 3.16. The summed E-state index contributed by atoms with van der Waals surface area (Å²) in [5.41, 5.74) is 2.42. The van der Waals surface area contributed by atoms with Crippen molar-refractivity contribution in [2.75, 3.05) is 13.7 Å². The molecule has 0 saturated carbocycles. The maximum atomic E-state index is 12.8. The Balaban J connectivity index is 1.48. The fraction of sp³-hybridized carbons (Fsp3) is 0.250. The van der Waals surface area contributed by atoms with Crippen molar-refractivity contribution in [3.8, 4) is 11.4 Å². The van der Waals surface area contributed by atoms with Gasteiger partial charge in [-0.1, -0.05) is 41.6 Å². The molecule has 0 spiro atoms. The third-order valence-electron chi connectivity index (χ3n) is 4.75. The van der Waals surface area contributed by atoms with Crippen molar-refractivity contribution >= 4 is 5.91 Å². The van der Waals surface area contributed by atoms with Crippen LogP contribution in [0.4, 0.5) is 0 Å². The number of amides is 1. The molecule has 6 heteroatoms. The fourth-order valence-electron chi connectivity index (χ4n) is 3.19. The molecule has 132 valence electrons. The summed E-state index contributed by atoms with van der Waals surface area (Å²) in [6.45, 7) is 0.766. The van der Waals surface area contributed by atoms with Crippen molar-refractivity contribution in [3.05, 3.63) is 72.1 Å². The number of aromatic nitrogens is 3. The average molecular weight is 348 g/mol. The van der Waals surface area contributed by atoms with Crippen LogP contribution >= 0.6 is 0 Å². The number of ether oxygens (including phenoxy) is 1. The first-order valence-electron chi connectivity index (χ1n) is 8.66. The van der Waals surface area contributed by atoms with Crippen LogP contribution in [0.15, 0.2) is 60.8 Å². The zero-order valence-corrected chi connectivity index (χ0v) is 14.6. The largest absolute Gasteiger partial charge is 0.497 e. The predicted molar refractivity (Wildman–Crippen MR) is 97.5 cm³/mol. The zero-order valence-electron chi connectivity index (χ0n) is 14.6. The summed E-state index contributed by atoms with van der Waals surface area (Å²) in [7, 11) is 1.62. The SMILES string of the molecule is COc1cccc(-n2cc(C(=O)N3CCC3Cc3ccccc3)nn2)c1. The number of hydrogen-bond donors (Lipinski definition) is 0. The van der Waals surface area contributed by atoms with E-state index < -0.39 is 0 Å². The first-order valence-corrected chi connectivity index (χ1v) is 8.66. The van der Waals surface area contributed by atoms with Crippen LogP contribution in [-0.4, -0.2) is 45.5 Å². The van der Waals surface area contributed by atoms with Crippen molar-refractivity contribution in [2.24, 2.45) is 0 Å². The second kappa shape index (κ2) is 7.00. The number of carbonyl (C=O) groups is 1. The monoisotopic (exact) mass is 348 g/mol. The van der Waals surface area contributed by atoms with Gasteiger partial charge in [0.15, 0.2) is 5.69 Å². The topological polar surface area (TPSA) is 60.2 Å². The number of benzene rings is 2. The minimum atomic E-state index is -0.0636. The normalized spacial score (nSPS) is 16.2. The van der Waals surface area contributed by atoms with Crippen molar-refractivity contribution in [2.45, 2.75) is 18.9 Å². The molecule has 0 N–H and O–H groups in total. The van der Waals surface area contributed by atoms with E-state index in [-0.39, 0.29) is 11.9 Å². The van der Waals surface area contributed by atoms with Gasteiger partial charge in [-0.05, 0) is 30.5 Å². The smallest absolute Gasteiger partial charge is 0.276 e. The summed E-state index contributed by atoms with van der Waals surface area (Å²) in [5.74, 6) is 0.669. The van der Waals surface area contributed by atoms with E-state index in [1.54, 1.807) is 18.0 Å². The molecule has 1 amide bonds. The highest BCUT2D eigenvalue weighted by atomic mass is 16.5. The lowest BCUT2D eigenvalue weighted by Crippen LogP contribution is -2.52. The number of likely N-dealkylation sites (tertiary alicyclic amines) is 1. The van der Waals surface area contributed by atoms with E-state index in [9.17, 15) is 4.79 Å². The fourth-order valence-corrected chi connectivity index (χ4v) is 3.19. The van der Waals surface area contributed by atoms with Crippen LogP contribution in [-0.2, 0) is 6.42 Å². The molecule has 6 nitrogen and oxygen atoms in total. The predicted octanol–water partition coefficient (Wildman–Crippen LogP) is 2.73. The molecular formula is C20H20N4O2. The molecule has 1 aromatic heterocycles. The maximum Gasteiger partial charge on any atom is 0.276 e. The van der Waals surface area contributed by atoms with E-state index in [0.717, 1.165) is 30.8 Å². The van der Waals surface area contributed by atoms with Crippen molar-refractivity contribution in [1.82, 2.24) is 19.9 Å². The molecule has 26 heavy (non-hydrogen) atoms. The third-order valence-corrected chi connectivity index (χ3v) is 4.75. The second-order valence-corrected chi connectivity index (χ2v) is 6.38.